The van der Waals surface area contributed by atoms with E-state index in [9.17, 15) is 13.2 Å². The minimum atomic E-state index is -2.88. The van der Waals surface area contributed by atoms with E-state index in [0.29, 0.717) is 71.1 Å². The van der Waals surface area contributed by atoms with Gasteiger partial charge in [0.2, 0.25) is 0 Å². The Morgan fingerprint density at radius 3 is 2.22 bits per heavy atom. The third kappa shape index (κ3) is 5.29. The fourth-order valence-corrected chi connectivity index (χ4v) is 15.0. The largest absolute Gasteiger partial charge is 0.462 e. The molecule has 262 valence electrons. The molecule has 6 fully saturated rings. The molecule has 1 aliphatic heterocycles. The maximum atomic E-state index is 12.2. The number of sulfone groups is 1. The van der Waals surface area contributed by atoms with Crippen LogP contribution in [0.4, 0.5) is 0 Å². The molecule has 46 heavy (non-hydrogen) atoms. The highest BCUT2D eigenvalue weighted by Crippen LogP contribution is 2.76. The van der Waals surface area contributed by atoms with Gasteiger partial charge in [0.1, 0.15) is 6.10 Å². The van der Waals surface area contributed by atoms with E-state index in [1.54, 1.807) is 6.92 Å². The van der Waals surface area contributed by atoms with Gasteiger partial charge in [-0.25, -0.2) is 8.42 Å². The van der Waals surface area contributed by atoms with Crippen molar-refractivity contribution in [1.82, 2.24) is 10.2 Å². The topological polar surface area (TPSA) is 75.7 Å². The van der Waals surface area contributed by atoms with Crippen LogP contribution < -0.4 is 5.32 Å². The lowest BCUT2D eigenvalue weighted by atomic mass is 9.32. The Balaban J connectivity index is 1.26. The Hall–Kier alpha value is -0.920. The van der Waals surface area contributed by atoms with E-state index in [2.05, 4.69) is 65.3 Å². The van der Waals surface area contributed by atoms with E-state index in [-0.39, 0.29) is 28.4 Å². The second-order valence-electron chi connectivity index (χ2n) is 18.4. The number of hydrogen-bond acceptors (Lipinski definition) is 6. The number of carbonyl (C=O) groups excluding carboxylic acids is 1. The molecular weight excluding hydrogens is 593 g/mol. The first-order chi connectivity index (χ1) is 21.4. The zero-order chi connectivity index (χ0) is 33.5. The number of carbonyl (C=O) groups is 1. The molecule has 2 unspecified atom stereocenters. The van der Waals surface area contributed by atoms with Crippen molar-refractivity contribution in [3.8, 4) is 0 Å². The van der Waals surface area contributed by atoms with Crippen LogP contribution in [0.25, 0.3) is 0 Å². The first kappa shape index (κ1) is 34.9. The number of nitrogens with zero attached hydrogens (tertiary/aromatic N) is 1. The first-order valence-electron chi connectivity index (χ1n) is 19.0. The van der Waals surface area contributed by atoms with Gasteiger partial charge in [0.15, 0.2) is 9.84 Å². The summed E-state index contributed by atoms with van der Waals surface area (Å²) in [7, 11) is -2.88. The average Bonchev–Trinajstić information content (AvgIpc) is 3.36. The molecule has 7 heteroatoms. The predicted octanol–water partition coefficient (Wildman–Crippen LogP) is 7.43. The summed E-state index contributed by atoms with van der Waals surface area (Å²) in [5, 5.41) is 4.30. The summed E-state index contributed by atoms with van der Waals surface area (Å²) >= 11 is 0. The maximum absolute atomic E-state index is 12.2. The van der Waals surface area contributed by atoms with Gasteiger partial charge in [0.05, 0.1) is 11.5 Å². The second-order valence-corrected chi connectivity index (χ2v) is 20.7. The highest BCUT2D eigenvalue weighted by Gasteiger charge is 2.71. The van der Waals surface area contributed by atoms with Crippen LogP contribution in [0, 0.1) is 51.2 Å². The first-order valence-corrected chi connectivity index (χ1v) is 20.8. The van der Waals surface area contributed by atoms with Gasteiger partial charge in [-0.1, -0.05) is 53.7 Å². The van der Waals surface area contributed by atoms with E-state index >= 15 is 0 Å². The lowest BCUT2D eigenvalue weighted by Gasteiger charge is -2.73. The van der Waals surface area contributed by atoms with Crippen LogP contribution >= 0.6 is 0 Å². The molecule has 0 aromatic rings. The van der Waals surface area contributed by atoms with E-state index in [4.69, 9.17) is 4.74 Å². The van der Waals surface area contributed by atoms with Crippen molar-refractivity contribution >= 4 is 15.8 Å². The number of nitrogens with one attached hydrogen (secondary N) is 1. The van der Waals surface area contributed by atoms with Crippen LogP contribution in [0.15, 0.2) is 12.2 Å². The lowest BCUT2D eigenvalue weighted by molar-refractivity contribution is -0.246. The molecule has 11 atom stereocenters. The summed E-state index contributed by atoms with van der Waals surface area (Å²) in [4.78, 5) is 14.5. The summed E-state index contributed by atoms with van der Waals surface area (Å²) in [6.45, 7) is 25.9. The number of ether oxygens (including phenoxy) is 1. The van der Waals surface area contributed by atoms with Crippen molar-refractivity contribution < 1.29 is 17.9 Å². The molecule has 0 aromatic carbocycles. The Kier molecular flexibility index (Phi) is 9.00. The molecule has 6 aliphatic rings. The molecule has 1 N–H and O–H groups in total. The monoisotopic (exact) mass is 658 g/mol. The highest BCUT2D eigenvalue weighted by molar-refractivity contribution is 7.91. The van der Waals surface area contributed by atoms with Gasteiger partial charge in [-0.05, 0) is 123 Å². The van der Waals surface area contributed by atoms with E-state index < -0.39 is 9.84 Å². The van der Waals surface area contributed by atoms with Crippen LogP contribution in [0.5, 0.6) is 0 Å². The molecule has 6 nitrogen and oxygen atoms in total. The SMILES string of the molecule is C=C(C)[C@@H]1CC[C@]2(NC[C@H](CC)N3CCS(=O)(=O)CC3)CC[C@]3(C)[C@H](CCC4[C@@]5(C)CC[C@H](OC(C)=O)C(C)(C)C5CC[C@]43C)[C@@H]12. The van der Waals surface area contributed by atoms with Gasteiger partial charge in [-0.2, -0.15) is 0 Å². The molecule has 5 aliphatic carbocycles. The molecule has 1 heterocycles. The Labute approximate surface area is 281 Å². The summed E-state index contributed by atoms with van der Waals surface area (Å²) in [5.74, 6) is 3.61. The van der Waals surface area contributed by atoms with Gasteiger partial charge in [-0.3, -0.25) is 9.69 Å². The molecule has 0 spiro atoms. The number of allylic oxidation sites excluding steroid dienone is 1. The van der Waals surface area contributed by atoms with Crippen LogP contribution in [0.2, 0.25) is 0 Å². The van der Waals surface area contributed by atoms with Gasteiger partial charge < -0.3 is 10.1 Å². The van der Waals surface area contributed by atoms with Crippen LogP contribution in [-0.2, 0) is 19.4 Å². The molecule has 6 rings (SSSR count). The van der Waals surface area contributed by atoms with Crippen molar-refractivity contribution in [2.75, 3.05) is 31.1 Å². The molecule has 0 amide bonds. The summed E-state index contributed by atoms with van der Waals surface area (Å²) in [5.41, 5.74) is 2.38. The van der Waals surface area contributed by atoms with Crippen molar-refractivity contribution in [3.63, 3.8) is 0 Å². The number of hydrogen-bond donors (Lipinski definition) is 1. The number of rotatable bonds is 7. The van der Waals surface area contributed by atoms with E-state index in [0.717, 1.165) is 19.4 Å². The molecule has 0 radical (unpaired) electrons. The smallest absolute Gasteiger partial charge is 0.302 e. The van der Waals surface area contributed by atoms with Crippen molar-refractivity contribution in [2.45, 2.75) is 144 Å². The maximum Gasteiger partial charge on any atom is 0.302 e. The van der Waals surface area contributed by atoms with Crippen molar-refractivity contribution in [1.29, 1.82) is 0 Å². The number of esters is 1. The Bertz CT molecular complexity index is 1300. The van der Waals surface area contributed by atoms with Crippen LogP contribution in [0.3, 0.4) is 0 Å². The minimum absolute atomic E-state index is 0.00570. The van der Waals surface area contributed by atoms with Gasteiger partial charge in [0, 0.05) is 43.6 Å². The summed E-state index contributed by atoms with van der Waals surface area (Å²) in [6, 6.07) is 0.386. The average molecular weight is 659 g/mol. The Morgan fingerprint density at radius 1 is 0.891 bits per heavy atom. The Morgan fingerprint density at radius 2 is 1.59 bits per heavy atom. The molecule has 0 bridgehead atoms. The zero-order valence-corrected chi connectivity index (χ0v) is 31.4. The summed E-state index contributed by atoms with van der Waals surface area (Å²) < 4.78 is 30.3. The van der Waals surface area contributed by atoms with Crippen molar-refractivity contribution in [3.05, 3.63) is 12.2 Å². The second kappa shape index (κ2) is 11.9. The third-order valence-corrected chi connectivity index (χ3v) is 18.0. The molecular formula is C39H66N2O4S. The number of fused-ring (bicyclic) bond motifs is 7. The van der Waals surface area contributed by atoms with Crippen molar-refractivity contribution in [2.24, 2.45) is 51.2 Å². The zero-order valence-electron chi connectivity index (χ0n) is 30.6. The van der Waals surface area contributed by atoms with Crippen LogP contribution in [-0.4, -0.2) is 68.1 Å². The highest BCUT2D eigenvalue weighted by atomic mass is 32.2. The fourth-order valence-electron chi connectivity index (χ4n) is 13.8. The van der Waals surface area contributed by atoms with E-state index in [1.807, 2.05) is 0 Å². The van der Waals surface area contributed by atoms with Crippen LogP contribution in [0.1, 0.15) is 126 Å². The van der Waals surface area contributed by atoms with Gasteiger partial charge >= 0.3 is 5.97 Å². The molecule has 0 aromatic heterocycles. The predicted molar refractivity (Wildman–Crippen MR) is 187 cm³/mol. The third-order valence-electron chi connectivity index (χ3n) is 16.4. The summed E-state index contributed by atoms with van der Waals surface area (Å²) in [6.07, 6.45) is 13.4. The molecule has 1 saturated heterocycles. The standard InChI is InChI=1S/C39H66N2O4S/c1-10-28(41-21-23-46(43,44)24-22-41)25-40-39-18-13-29(26(2)3)34(39)30-11-12-32-36(7)16-15-33(45-27(4)42)35(5,6)31(36)14-17-38(32,9)37(30,8)19-20-39/h28-34,40H,2,10-25H2,1,3-9H3/t28-,29-,30+,31?,32?,33-,34+,36-,37+,38+,39-/m0/s1. The molecule has 5 saturated carbocycles. The quantitative estimate of drug-likeness (QED) is 0.227. The fraction of sp³-hybridized carbons (Fsp3) is 0.923. The van der Waals surface area contributed by atoms with Gasteiger partial charge in [0.25, 0.3) is 0 Å². The van der Waals surface area contributed by atoms with E-state index in [1.165, 1.54) is 63.4 Å². The normalized spacial score (nSPS) is 47.0. The lowest BCUT2D eigenvalue weighted by Crippen LogP contribution is -2.69. The van der Waals surface area contributed by atoms with Gasteiger partial charge in [-0.15, -0.1) is 0 Å². The minimum Gasteiger partial charge on any atom is -0.462 e.